The molecule has 0 saturated carbocycles. The molecular weight excluding hydrogens is 504 g/mol. The van der Waals surface area contributed by atoms with E-state index in [9.17, 15) is 18.7 Å². The van der Waals surface area contributed by atoms with E-state index in [1.165, 1.54) is 29.0 Å². The molecule has 8 heteroatoms. The van der Waals surface area contributed by atoms with Crippen molar-refractivity contribution in [3.8, 4) is 5.00 Å². The average molecular weight is 538 g/mol. The summed E-state index contributed by atoms with van der Waals surface area (Å²) in [4.78, 5) is 13.5. The summed E-state index contributed by atoms with van der Waals surface area (Å²) < 4.78 is 29.8. The number of hydrogen-bond acceptors (Lipinski definition) is 4. The summed E-state index contributed by atoms with van der Waals surface area (Å²) in [6.45, 7) is 6.77. The number of carbonyl (C=O) groups excluding carboxylic acids is 1. The number of aromatic nitrogens is 1. The van der Waals surface area contributed by atoms with Crippen LogP contribution in [-0.2, 0) is 19.4 Å². The molecule has 0 aliphatic rings. The number of amides is 1. The van der Waals surface area contributed by atoms with Crippen LogP contribution in [0.25, 0.3) is 5.00 Å². The van der Waals surface area contributed by atoms with E-state index in [0.717, 1.165) is 34.4 Å². The van der Waals surface area contributed by atoms with Gasteiger partial charge in [0.2, 0.25) is 0 Å². The zero-order chi connectivity index (χ0) is 27.2. The molecule has 2 heterocycles. The van der Waals surface area contributed by atoms with Gasteiger partial charge in [0.25, 0.3) is 5.91 Å². The number of aliphatic hydroxyl groups is 1. The number of hydrogen-bond donors (Lipinski definition) is 3. The fourth-order valence-corrected chi connectivity index (χ4v) is 5.63. The first-order chi connectivity index (χ1) is 18.2. The van der Waals surface area contributed by atoms with Crippen LogP contribution in [0.15, 0.2) is 66.0 Å². The zero-order valence-corrected chi connectivity index (χ0v) is 22.6. The highest BCUT2D eigenvalue weighted by atomic mass is 32.1. The SMILES string of the molecule is CCc1cccc(CNC[C@@H](O)[C@@H](Cc2cc(F)cc(F)c2)NC(=O)c2ccsc2-n2c(C)ccc2C)c1. The van der Waals surface area contributed by atoms with Gasteiger partial charge in [-0.15, -0.1) is 11.3 Å². The minimum atomic E-state index is -1.00. The highest BCUT2D eigenvalue weighted by Crippen LogP contribution is 2.26. The van der Waals surface area contributed by atoms with Crippen molar-refractivity contribution in [1.82, 2.24) is 15.2 Å². The van der Waals surface area contributed by atoms with E-state index < -0.39 is 23.8 Å². The van der Waals surface area contributed by atoms with E-state index in [4.69, 9.17) is 0 Å². The second-order valence-electron chi connectivity index (χ2n) is 9.52. The lowest BCUT2D eigenvalue weighted by Gasteiger charge is -2.25. The maximum absolute atomic E-state index is 13.9. The Hall–Kier alpha value is -3.33. The van der Waals surface area contributed by atoms with Crippen LogP contribution in [0.2, 0.25) is 0 Å². The molecule has 4 aromatic rings. The fourth-order valence-electron chi connectivity index (χ4n) is 4.61. The number of aryl methyl sites for hydroxylation is 3. The van der Waals surface area contributed by atoms with Gasteiger partial charge in [-0.25, -0.2) is 8.78 Å². The molecular formula is C30H33F2N3O2S. The molecule has 200 valence electrons. The predicted octanol–water partition coefficient (Wildman–Crippen LogP) is 5.49. The minimum absolute atomic E-state index is 0.0651. The van der Waals surface area contributed by atoms with Gasteiger partial charge >= 0.3 is 0 Å². The summed E-state index contributed by atoms with van der Waals surface area (Å²) in [7, 11) is 0. The van der Waals surface area contributed by atoms with Crippen LogP contribution < -0.4 is 10.6 Å². The van der Waals surface area contributed by atoms with Crippen LogP contribution in [-0.4, -0.2) is 34.3 Å². The van der Waals surface area contributed by atoms with Crippen molar-refractivity contribution in [2.24, 2.45) is 0 Å². The summed E-state index contributed by atoms with van der Waals surface area (Å²) in [6.07, 6.45) is -0.00594. The van der Waals surface area contributed by atoms with Crippen molar-refractivity contribution in [3.05, 3.63) is 111 Å². The van der Waals surface area contributed by atoms with Gasteiger partial charge in [0.15, 0.2) is 0 Å². The van der Waals surface area contributed by atoms with Crippen molar-refractivity contribution in [1.29, 1.82) is 0 Å². The van der Waals surface area contributed by atoms with Gasteiger partial charge in [0.1, 0.15) is 16.6 Å². The van der Waals surface area contributed by atoms with E-state index in [-0.39, 0.29) is 18.9 Å². The summed E-state index contributed by atoms with van der Waals surface area (Å²) in [5, 5.41) is 19.9. The van der Waals surface area contributed by atoms with Crippen molar-refractivity contribution < 1.29 is 18.7 Å². The lowest BCUT2D eigenvalue weighted by molar-refractivity contribution is 0.0830. The maximum Gasteiger partial charge on any atom is 0.254 e. The van der Waals surface area contributed by atoms with Gasteiger partial charge < -0.3 is 20.3 Å². The Morgan fingerprint density at radius 1 is 0.974 bits per heavy atom. The normalized spacial score (nSPS) is 12.9. The highest BCUT2D eigenvalue weighted by molar-refractivity contribution is 7.13. The Kier molecular flexibility index (Phi) is 9.09. The molecule has 2 aromatic heterocycles. The van der Waals surface area contributed by atoms with Crippen LogP contribution in [0.4, 0.5) is 8.78 Å². The van der Waals surface area contributed by atoms with Crippen molar-refractivity contribution in [2.45, 2.75) is 52.3 Å². The Labute approximate surface area is 226 Å². The first-order valence-electron chi connectivity index (χ1n) is 12.7. The maximum atomic E-state index is 13.9. The molecule has 2 atom stereocenters. The van der Waals surface area contributed by atoms with Crippen LogP contribution in [0.5, 0.6) is 0 Å². The van der Waals surface area contributed by atoms with Crippen molar-refractivity contribution in [2.75, 3.05) is 6.54 Å². The topological polar surface area (TPSA) is 66.3 Å². The molecule has 0 spiro atoms. The average Bonchev–Trinajstić information content (AvgIpc) is 3.48. The Morgan fingerprint density at radius 2 is 1.66 bits per heavy atom. The Morgan fingerprint density at radius 3 is 2.34 bits per heavy atom. The molecule has 0 aliphatic heterocycles. The zero-order valence-electron chi connectivity index (χ0n) is 21.8. The van der Waals surface area contributed by atoms with Gasteiger partial charge in [-0.05, 0) is 79.1 Å². The smallest absolute Gasteiger partial charge is 0.254 e. The van der Waals surface area contributed by atoms with E-state index >= 15 is 0 Å². The number of benzene rings is 2. The van der Waals surface area contributed by atoms with Gasteiger partial charge in [-0.2, -0.15) is 0 Å². The number of carbonyl (C=O) groups is 1. The highest BCUT2D eigenvalue weighted by Gasteiger charge is 2.25. The summed E-state index contributed by atoms with van der Waals surface area (Å²) in [6, 6.07) is 16.4. The predicted molar refractivity (Wildman–Crippen MR) is 148 cm³/mol. The molecule has 0 radical (unpaired) electrons. The summed E-state index contributed by atoms with van der Waals surface area (Å²) in [5.74, 6) is -1.76. The second-order valence-corrected chi connectivity index (χ2v) is 10.4. The molecule has 0 aliphatic carbocycles. The number of aliphatic hydroxyl groups excluding tert-OH is 1. The second kappa shape index (κ2) is 12.5. The van der Waals surface area contributed by atoms with Crippen LogP contribution in [0, 0.1) is 25.5 Å². The third-order valence-corrected chi connectivity index (χ3v) is 7.50. The number of thiophene rings is 1. The van der Waals surface area contributed by atoms with Crippen molar-refractivity contribution in [3.63, 3.8) is 0 Å². The van der Waals surface area contributed by atoms with E-state index in [1.54, 1.807) is 6.07 Å². The van der Waals surface area contributed by atoms with E-state index in [2.05, 4.69) is 29.7 Å². The minimum Gasteiger partial charge on any atom is -0.390 e. The van der Waals surface area contributed by atoms with Crippen LogP contribution in [0.1, 0.15) is 45.4 Å². The lowest BCUT2D eigenvalue weighted by atomic mass is 10.00. The number of rotatable bonds is 11. The van der Waals surface area contributed by atoms with E-state index in [1.807, 2.05) is 48.1 Å². The summed E-state index contributed by atoms with van der Waals surface area (Å²) in [5.41, 5.74) is 5.14. The first kappa shape index (κ1) is 27.7. The Bertz CT molecular complexity index is 1360. The Balaban J connectivity index is 1.52. The fraction of sp³-hybridized carbons (Fsp3) is 0.300. The van der Waals surface area contributed by atoms with Gasteiger partial charge in [-0.1, -0.05) is 31.2 Å². The standard InChI is InChI=1S/C30H33F2N3O2S/c1-4-21-6-5-7-22(12-21)17-33-18-28(36)27(15-23-13-24(31)16-25(32)14-23)34-29(37)26-10-11-38-30(26)35-19(2)8-9-20(35)3/h5-14,16,27-28,33,36H,4,15,17-18H2,1-3H3,(H,34,37)/t27-,28-/m1/s1. The summed E-state index contributed by atoms with van der Waals surface area (Å²) >= 11 is 1.45. The molecule has 0 bridgehead atoms. The quantitative estimate of drug-likeness (QED) is 0.237. The number of nitrogens with zero attached hydrogens (tertiary/aromatic N) is 1. The molecule has 0 fully saturated rings. The monoisotopic (exact) mass is 537 g/mol. The van der Waals surface area contributed by atoms with Gasteiger partial charge in [-0.3, -0.25) is 4.79 Å². The molecule has 2 aromatic carbocycles. The first-order valence-corrected chi connectivity index (χ1v) is 13.6. The molecule has 4 rings (SSSR count). The molecule has 0 saturated heterocycles. The van der Waals surface area contributed by atoms with Crippen LogP contribution >= 0.6 is 11.3 Å². The van der Waals surface area contributed by atoms with Crippen LogP contribution in [0.3, 0.4) is 0 Å². The molecule has 38 heavy (non-hydrogen) atoms. The molecule has 0 unspecified atom stereocenters. The largest absolute Gasteiger partial charge is 0.390 e. The van der Waals surface area contributed by atoms with Gasteiger partial charge in [0.05, 0.1) is 17.7 Å². The number of halogens is 2. The number of nitrogens with one attached hydrogen (secondary N) is 2. The molecule has 3 N–H and O–H groups in total. The molecule has 5 nitrogen and oxygen atoms in total. The van der Waals surface area contributed by atoms with Gasteiger partial charge in [0, 0.05) is 30.5 Å². The lowest BCUT2D eigenvalue weighted by Crippen LogP contribution is -2.48. The van der Waals surface area contributed by atoms with Crippen molar-refractivity contribution >= 4 is 17.2 Å². The third-order valence-electron chi connectivity index (χ3n) is 6.60. The third kappa shape index (κ3) is 6.75. The molecule has 1 amide bonds. The van der Waals surface area contributed by atoms with E-state index in [0.29, 0.717) is 17.7 Å².